The zero-order valence-corrected chi connectivity index (χ0v) is 44.4. The van der Waals surface area contributed by atoms with Crippen molar-refractivity contribution >= 4 is 11.9 Å². The Kier molecular flexibility index (Phi) is 54.5. The van der Waals surface area contributed by atoms with Crippen molar-refractivity contribution in [1.82, 2.24) is 5.32 Å². The molecule has 2 atom stereocenters. The molecule has 1 amide bonds. The summed E-state index contributed by atoms with van der Waals surface area (Å²) in [5.74, 6) is -0.0643. The number of rotatable bonds is 55. The molecule has 0 radical (unpaired) electrons. The van der Waals surface area contributed by atoms with Gasteiger partial charge in [-0.2, -0.15) is 0 Å². The van der Waals surface area contributed by atoms with E-state index < -0.39 is 12.1 Å². The molecule has 0 spiro atoms. The topological polar surface area (TPSA) is 95.9 Å². The summed E-state index contributed by atoms with van der Waals surface area (Å²) in [6.45, 7) is 4.91. The molecule has 0 aromatic rings. The lowest BCUT2D eigenvalue weighted by Gasteiger charge is -2.22. The average Bonchev–Trinajstić information content (AvgIpc) is 3.32. The fourth-order valence-electron chi connectivity index (χ4n) is 9.20. The molecular formula is C60H115NO5. The number of nitrogens with one attached hydrogen (secondary N) is 1. The van der Waals surface area contributed by atoms with E-state index in [4.69, 9.17) is 4.74 Å². The Hall–Kier alpha value is -1.66. The summed E-state index contributed by atoms with van der Waals surface area (Å²) in [4.78, 5) is 24.6. The largest absolute Gasteiger partial charge is 0.466 e. The molecule has 6 nitrogen and oxygen atoms in total. The van der Waals surface area contributed by atoms with Crippen molar-refractivity contribution in [2.45, 2.75) is 334 Å². The van der Waals surface area contributed by atoms with Gasteiger partial charge >= 0.3 is 5.97 Å². The zero-order chi connectivity index (χ0) is 47.9. The van der Waals surface area contributed by atoms with Gasteiger partial charge in [-0.15, -0.1) is 0 Å². The number of carbonyl (C=O) groups is 2. The second kappa shape index (κ2) is 55.9. The van der Waals surface area contributed by atoms with Gasteiger partial charge in [-0.25, -0.2) is 0 Å². The van der Waals surface area contributed by atoms with Gasteiger partial charge in [0.05, 0.1) is 25.4 Å². The Morgan fingerprint density at radius 2 is 0.758 bits per heavy atom. The number of aliphatic hydroxyl groups excluding tert-OH is 2. The van der Waals surface area contributed by atoms with Gasteiger partial charge in [0.15, 0.2) is 0 Å². The quantitative estimate of drug-likeness (QED) is 0.0321. The number of unbranched alkanes of at least 4 members (excludes halogenated alkanes) is 40. The lowest BCUT2D eigenvalue weighted by molar-refractivity contribution is -0.143. The highest BCUT2D eigenvalue weighted by Gasteiger charge is 2.20. The number of aliphatic hydroxyl groups is 2. The Morgan fingerprint density at radius 1 is 0.424 bits per heavy atom. The van der Waals surface area contributed by atoms with Crippen LogP contribution in [-0.4, -0.2) is 47.4 Å². The minimum absolute atomic E-state index is 0.0186. The van der Waals surface area contributed by atoms with Crippen LogP contribution in [0.25, 0.3) is 0 Å². The molecule has 0 aromatic carbocycles. The number of hydrogen-bond donors (Lipinski definition) is 3. The van der Waals surface area contributed by atoms with Crippen LogP contribution >= 0.6 is 0 Å². The number of allylic oxidation sites excluding steroid dienone is 4. The lowest BCUT2D eigenvalue weighted by Crippen LogP contribution is -2.45. The molecule has 0 aliphatic heterocycles. The van der Waals surface area contributed by atoms with Gasteiger partial charge in [0, 0.05) is 12.8 Å². The van der Waals surface area contributed by atoms with E-state index in [2.05, 4.69) is 43.5 Å². The van der Waals surface area contributed by atoms with Crippen molar-refractivity contribution < 1.29 is 24.5 Å². The van der Waals surface area contributed by atoms with E-state index in [1.807, 2.05) is 0 Å². The predicted molar refractivity (Wildman–Crippen MR) is 287 cm³/mol. The van der Waals surface area contributed by atoms with Crippen LogP contribution in [0.5, 0.6) is 0 Å². The summed E-state index contributed by atoms with van der Waals surface area (Å²) in [7, 11) is 0. The smallest absolute Gasteiger partial charge is 0.305 e. The van der Waals surface area contributed by atoms with Crippen LogP contribution < -0.4 is 5.32 Å². The Balaban J connectivity index is 3.45. The van der Waals surface area contributed by atoms with Gasteiger partial charge in [0.2, 0.25) is 5.91 Å². The lowest BCUT2D eigenvalue weighted by atomic mass is 10.0. The molecule has 0 fully saturated rings. The van der Waals surface area contributed by atoms with Crippen molar-refractivity contribution in [2.75, 3.05) is 13.2 Å². The van der Waals surface area contributed by atoms with E-state index in [-0.39, 0.29) is 18.5 Å². The van der Waals surface area contributed by atoms with Gasteiger partial charge in [0.1, 0.15) is 0 Å². The van der Waals surface area contributed by atoms with Crippen LogP contribution in [-0.2, 0) is 14.3 Å². The molecule has 0 aliphatic rings. The molecule has 0 bridgehead atoms. The van der Waals surface area contributed by atoms with Gasteiger partial charge in [-0.05, 0) is 57.8 Å². The monoisotopic (exact) mass is 930 g/mol. The van der Waals surface area contributed by atoms with Crippen LogP contribution in [0.1, 0.15) is 322 Å². The SMILES string of the molecule is CCCCC/C=C\C/C=C\CCCCCCCC(=O)OCCCCCCCCCCCCCCCC(=O)NC(CO)C(O)CCCCCCCCCCCCCCCCCCCCCCC. The number of ether oxygens (including phenoxy) is 1. The van der Waals surface area contributed by atoms with Crippen LogP contribution in [0.15, 0.2) is 24.3 Å². The highest BCUT2D eigenvalue weighted by atomic mass is 16.5. The molecule has 0 heterocycles. The van der Waals surface area contributed by atoms with E-state index in [0.29, 0.717) is 25.9 Å². The molecule has 0 aliphatic carbocycles. The molecule has 0 saturated carbocycles. The fourth-order valence-corrected chi connectivity index (χ4v) is 9.20. The molecule has 0 rings (SSSR count). The van der Waals surface area contributed by atoms with Gasteiger partial charge in [0.25, 0.3) is 0 Å². The first-order chi connectivity index (χ1) is 32.5. The third-order valence-corrected chi connectivity index (χ3v) is 13.8. The van der Waals surface area contributed by atoms with Crippen molar-refractivity contribution in [1.29, 1.82) is 0 Å². The maximum atomic E-state index is 12.5. The zero-order valence-electron chi connectivity index (χ0n) is 44.4. The third-order valence-electron chi connectivity index (χ3n) is 13.8. The Labute approximate surface area is 411 Å². The Morgan fingerprint density at radius 3 is 1.18 bits per heavy atom. The normalized spacial score (nSPS) is 12.7. The van der Waals surface area contributed by atoms with Gasteiger partial charge in [-0.1, -0.05) is 276 Å². The first kappa shape index (κ1) is 64.3. The molecule has 0 saturated heterocycles. The third kappa shape index (κ3) is 51.7. The maximum absolute atomic E-state index is 12.5. The van der Waals surface area contributed by atoms with Crippen molar-refractivity contribution in [3.05, 3.63) is 24.3 Å². The van der Waals surface area contributed by atoms with Gasteiger partial charge < -0.3 is 20.3 Å². The highest BCUT2D eigenvalue weighted by Crippen LogP contribution is 2.18. The molecular weight excluding hydrogens is 815 g/mol. The second-order valence-corrected chi connectivity index (χ2v) is 20.3. The summed E-state index contributed by atoms with van der Waals surface area (Å²) < 4.78 is 5.46. The van der Waals surface area contributed by atoms with Crippen LogP contribution in [0.3, 0.4) is 0 Å². The average molecular weight is 931 g/mol. The first-order valence-corrected chi connectivity index (χ1v) is 29.6. The second-order valence-electron chi connectivity index (χ2n) is 20.3. The predicted octanol–water partition coefficient (Wildman–Crippen LogP) is 18.2. The molecule has 0 aromatic heterocycles. The number of amides is 1. The van der Waals surface area contributed by atoms with E-state index >= 15 is 0 Å². The fraction of sp³-hybridized carbons (Fsp3) is 0.900. The van der Waals surface area contributed by atoms with E-state index in [1.165, 1.54) is 231 Å². The minimum Gasteiger partial charge on any atom is -0.466 e. The Bertz CT molecular complexity index is 1030. The number of hydrogen-bond acceptors (Lipinski definition) is 5. The summed E-state index contributed by atoms with van der Waals surface area (Å²) in [6, 6.07) is -0.553. The minimum atomic E-state index is -0.674. The molecule has 3 N–H and O–H groups in total. The number of esters is 1. The van der Waals surface area contributed by atoms with Crippen LogP contribution in [0.4, 0.5) is 0 Å². The number of carbonyl (C=O) groups excluding carboxylic acids is 2. The van der Waals surface area contributed by atoms with E-state index in [1.54, 1.807) is 0 Å². The molecule has 390 valence electrons. The van der Waals surface area contributed by atoms with Crippen molar-refractivity contribution in [2.24, 2.45) is 0 Å². The van der Waals surface area contributed by atoms with E-state index in [9.17, 15) is 19.8 Å². The summed E-state index contributed by atoms with van der Waals surface area (Å²) >= 11 is 0. The standard InChI is InChI=1S/C60H115NO5/c1-3-5-7-9-11-13-15-17-19-20-21-22-23-24-26-28-32-36-40-44-48-52-58(63)57(56-62)61-59(64)53-49-45-41-37-33-29-27-31-35-39-43-47-51-55-66-60(65)54-50-46-42-38-34-30-25-18-16-14-12-10-8-6-4-2/h12,14,18,25,57-58,62-63H,3-11,13,15-17,19-24,26-56H2,1-2H3,(H,61,64)/b14-12-,25-18-. The van der Waals surface area contributed by atoms with E-state index in [0.717, 1.165) is 57.8 Å². The van der Waals surface area contributed by atoms with Crippen molar-refractivity contribution in [3.63, 3.8) is 0 Å². The van der Waals surface area contributed by atoms with Gasteiger partial charge in [-0.3, -0.25) is 9.59 Å². The molecule has 66 heavy (non-hydrogen) atoms. The van der Waals surface area contributed by atoms with Crippen LogP contribution in [0, 0.1) is 0 Å². The maximum Gasteiger partial charge on any atom is 0.305 e. The molecule has 6 heteroatoms. The molecule has 2 unspecified atom stereocenters. The van der Waals surface area contributed by atoms with Crippen LogP contribution in [0.2, 0.25) is 0 Å². The van der Waals surface area contributed by atoms with Crippen molar-refractivity contribution in [3.8, 4) is 0 Å². The summed E-state index contributed by atoms with van der Waals surface area (Å²) in [5.41, 5.74) is 0. The first-order valence-electron chi connectivity index (χ1n) is 29.6. The highest BCUT2D eigenvalue weighted by molar-refractivity contribution is 5.76. The summed E-state index contributed by atoms with van der Waals surface area (Å²) in [5, 5.41) is 23.3. The summed E-state index contributed by atoms with van der Waals surface area (Å²) in [6.07, 6.45) is 67.3.